The first kappa shape index (κ1) is 10.3. The van der Waals surface area contributed by atoms with Crippen molar-refractivity contribution in [3.8, 4) is 0 Å². The Balaban J connectivity index is 3.35. The molecule has 3 nitrogen and oxygen atoms in total. The van der Waals surface area contributed by atoms with Gasteiger partial charge in [-0.1, -0.05) is 30.1 Å². The van der Waals surface area contributed by atoms with Crippen molar-refractivity contribution >= 4 is 28.9 Å². The Morgan fingerprint density at radius 3 is 2.54 bits per heavy atom. The molecule has 0 radical (unpaired) electrons. The van der Waals surface area contributed by atoms with E-state index >= 15 is 0 Å². The summed E-state index contributed by atoms with van der Waals surface area (Å²) in [6.45, 7) is 1.84. The molecule has 0 spiro atoms. The molecule has 0 fully saturated rings. The largest absolute Gasteiger partial charge is 0.288 e. The highest BCUT2D eigenvalue weighted by Crippen LogP contribution is 2.33. The molecule has 0 saturated heterocycles. The van der Waals surface area contributed by atoms with E-state index < -0.39 is 4.92 Å². The van der Waals surface area contributed by atoms with Gasteiger partial charge in [-0.15, -0.1) is 0 Å². The van der Waals surface area contributed by atoms with Crippen LogP contribution < -0.4 is 0 Å². The van der Waals surface area contributed by atoms with Gasteiger partial charge in [0.1, 0.15) is 5.02 Å². The predicted octanol–water partition coefficient (Wildman–Crippen LogP) is 3.46. The van der Waals surface area contributed by atoms with Gasteiger partial charge in [0.15, 0.2) is 0 Å². The molecule has 0 bridgehead atoms. The summed E-state index contributed by atoms with van der Waals surface area (Å²) >= 11 is 11.6. The molecule has 0 atom stereocenters. The van der Waals surface area contributed by atoms with E-state index in [1.807, 2.05) is 6.92 Å². The molecule has 0 heterocycles. The minimum Gasteiger partial charge on any atom is -0.258 e. The minimum atomic E-state index is -0.516. The Morgan fingerprint density at radius 2 is 2.08 bits per heavy atom. The van der Waals surface area contributed by atoms with Gasteiger partial charge in [-0.05, 0) is 18.1 Å². The van der Waals surface area contributed by atoms with Crippen molar-refractivity contribution in [1.29, 1.82) is 0 Å². The highest BCUT2D eigenvalue weighted by atomic mass is 35.5. The molecular weight excluding hydrogens is 213 g/mol. The molecule has 0 aliphatic carbocycles. The maximum absolute atomic E-state index is 10.5. The Kier molecular flexibility index (Phi) is 3.12. The van der Waals surface area contributed by atoms with Gasteiger partial charge < -0.3 is 0 Å². The number of rotatable bonds is 2. The van der Waals surface area contributed by atoms with Gasteiger partial charge in [-0.3, -0.25) is 10.1 Å². The maximum atomic E-state index is 10.5. The van der Waals surface area contributed by atoms with E-state index in [-0.39, 0.29) is 10.7 Å². The van der Waals surface area contributed by atoms with Gasteiger partial charge in [0.25, 0.3) is 5.69 Å². The number of benzene rings is 1. The molecule has 1 aromatic rings. The highest BCUT2D eigenvalue weighted by molar-refractivity contribution is 6.37. The van der Waals surface area contributed by atoms with Crippen LogP contribution in [-0.4, -0.2) is 4.92 Å². The topological polar surface area (TPSA) is 43.1 Å². The third-order valence-corrected chi connectivity index (χ3v) is 2.49. The molecule has 1 rings (SSSR count). The highest BCUT2D eigenvalue weighted by Gasteiger charge is 2.16. The molecule has 0 saturated carbocycles. The zero-order chi connectivity index (χ0) is 10.0. The third-order valence-electron chi connectivity index (χ3n) is 1.72. The number of hydrogen-bond acceptors (Lipinski definition) is 2. The lowest BCUT2D eigenvalue weighted by Crippen LogP contribution is -1.93. The normalized spacial score (nSPS) is 10.1. The lowest BCUT2D eigenvalue weighted by molar-refractivity contribution is -0.384. The zero-order valence-corrected chi connectivity index (χ0v) is 8.39. The fourth-order valence-corrected chi connectivity index (χ4v) is 1.76. The first-order chi connectivity index (χ1) is 6.07. The van der Waals surface area contributed by atoms with Crippen LogP contribution in [0, 0.1) is 10.1 Å². The van der Waals surface area contributed by atoms with Crippen LogP contribution in [0.5, 0.6) is 0 Å². The fourth-order valence-electron chi connectivity index (χ4n) is 1.05. The lowest BCUT2D eigenvalue weighted by Gasteiger charge is -2.03. The molecule has 70 valence electrons. The van der Waals surface area contributed by atoms with Crippen molar-refractivity contribution in [3.63, 3.8) is 0 Å². The minimum absolute atomic E-state index is 0.0945. The molecule has 0 aliphatic heterocycles. The summed E-state index contributed by atoms with van der Waals surface area (Å²) in [5.74, 6) is 0. The molecule has 13 heavy (non-hydrogen) atoms. The van der Waals surface area contributed by atoms with Crippen LogP contribution in [-0.2, 0) is 6.42 Å². The Morgan fingerprint density at radius 1 is 1.46 bits per heavy atom. The van der Waals surface area contributed by atoms with Gasteiger partial charge in [0.05, 0.1) is 4.92 Å². The van der Waals surface area contributed by atoms with Crippen molar-refractivity contribution in [2.75, 3.05) is 0 Å². The van der Waals surface area contributed by atoms with Crippen molar-refractivity contribution in [2.24, 2.45) is 0 Å². The summed E-state index contributed by atoms with van der Waals surface area (Å²) in [5, 5.41) is 11.1. The SMILES string of the molecule is CCc1c(Cl)ccc([N+](=O)[O-])c1Cl. The van der Waals surface area contributed by atoms with Gasteiger partial charge in [-0.2, -0.15) is 0 Å². The van der Waals surface area contributed by atoms with Crippen LogP contribution in [0.1, 0.15) is 12.5 Å². The standard InChI is InChI=1S/C8H7Cl2NO2/c1-2-5-6(9)3-4-7(8(5)10)11(12)13/h3-4H,2H2,1H3. The number of nitro benzene ring substituents is 1. The average molecular weight is 220 g/mol. The lowest BCUT2D eigenvalue weighted by atomic mass is 10.1. The van der Waals surface area contributed by atoms with Crippen molar-refractivity contribution in [3.05, 3.63) is 37.9 Å². The number of nitrogens with zero attached hydrogens (tertiary/aromatic N) is 1. The quantitative estimate of drug-likeness (QED) is 0.565. The van der Waals surface area contributed by atoms with Crippen molar-refractivity contribution in [2.45, 2.75) is 13.3 Å². The summed E-state index contributed by atoms with van der Waals surface area (Å²) in [4.78, 5) is 9.96. The van der Waals surface area contributed by atoms with Gasteiger partial charge in [0.2, 0.25) is 0 Å². The molecule has 5 heteroatoms. The number of halogens is 2. The Bertz CT molecular complexity index is 352. The van der Waals surface area contributed by atoms with Gasteiger partial charge in [0, 0.05) is 11.1 Å². The Labute approximate surface area is 85.4 Å². The van der Waals surface area contributed by atoms with E-state index in [0.29, 0.717) is 17.0 Å². The molecule has 0 amide bonds. The molecule has 0 aromatic heterocycles. The second-order valence-electron chi connectivity index (χ2n) is 2.47. The van der Waals surface area contributed by atoms with E-state index in [1.54, 1.807) is 0 Å². The van der Waals surface area contributed by atoms with E-state index in [4.69, 9.17) is 23.2 Å². The van der Waals surface area contributed by atoms with Crippen LogP contribution in [0.4, 0.5) is 5.69 Å². The second kappa shape index (κ2) is 3.94. The zero-order valence-electron chi connectivity index (χ0n) is 6.88. The average Bonchev–Trinajstić information content (AvgIpc) is 2.04. The van der Waals surface area contributed by atoms with Crippen LogP contribution in [0.2, 0.25) is 10.0 Å². The monoisotopic (exact) mass is 219 g/mol. The Hall–Kier alpha value is -0.800. The van der Waals surface area contributed by atoms with E-state index in [9.17, 15) is 10.1 Å². The predicted molar refractivity (Wildman–Crippen MR) is 52.5 cm³/mol. The second-order valence-corrected chi connectivity index (χ2v) is 3.25. The van der Waals surface area contributed by atoms with Gasteiger partial charge in [-0.25, -0.2) is 0 Å². The molecular formula is C8H7Cl2NO2. The van der Waals surface area contributed by atoms with Gasteiger partial charge >= 0.3 is 0 Å². The fraction of sp³-hybridized carbons (Fsp3) is 0.250. The first-order valence-electron chi connectivity index (χ1n) is 3.69. The number of hydrogen-bond donors (Lipinski definition) is 0. The summed E-state index contributed by atoms with van der Waals surface area (Å²) in [5.41, 5.74) is 0.528. The van der Waals surface area contributed by atoms with Crippen LogP contribution in [0.3, 0.4) is 0 Å². The maximum Gasteiger partial charge on any atom is 0.288 e. The van der Waals surface area contributed by atoms with E-state index in [2.05, 4.69) is 0 Å². The van der Waals surface area contributed by atoms with Crippen LogP contribution >= 0.6 is 23.2 Å². The first-order valence-corrected chi connectivity index (χ1v) is 4.44. The summed E-state index contributed by atoms with van der Waals surface area (Å²) < 4.78 is 0. The summed E-state index contributed by atoms with van der Waals surface area (Å²) in [6.07, 6.45) is 0.583. The third kappa shape index (κ3) is 1.92. The molecule has 0 aliphatic rings. The van der Waals surface area contributed by atoms with Crippen LogP contribution in [0.15, 0.2) is 12.1 Å². The smallest absolute Gasteiger partial charge is 0.258 e. The molecule has 0 unspecified atom stereocenters. The van der Waals surface area contributed by atoms with Crippen molar-refractivity contribution in [1.82, 2.24) is 0 Å². The van der Waals surface area contributed by atoms with E-state index in [0.717, 1.165) is 0 Å². The van der Waals surface area contributed by atoms with E-state index in [1.165, 1.54) is 12.1 Å². The van der Waals surface area contributed by atoms with Crippen molar-refractivity contribution < 1.29 is 4.92 Å². The summed E-state index contributed by atoms with van der Waals surface area (Å²) in [6, 6.07) is 2.80. The number of nitro groups is 1. The summed E-state index contributed by atoms with van der Waals surface area (Å²) in [7, 11) is 0. The molecule has 0 N–H and O–H groups in total. The molecule has 1 aromatic carbocycles. The van der Waals surface area contributed by atoms with Crippen LogP contribution in [0.25, 0.3) is 0 Å².